The minimum atomic E-state index is -0.205. The Balaban J connectivity index is 2.40. The van der Waals surface area contributed by atoms with Crippen molar-refractivity contribution >= 4 is 40.1 Å². The minimum Gasteiger partial charge on any atom is -0.325 e. The molecule has 1 saturated heterocycles. The van der Waals surface area contributed by atoms with Gasteiger partial charge in [-0.1, -0.05) is 23.9 Å². The van der Waals surface area contributed by atoms with E-state index in [0.717, 1.165) is 0 Å². The van der Waals surface area contributed by atoms with Gasteiger partial charge >= 0.3 is 0 Å². The zero-order valence-corrected chi connectivity index (χ0v) is 10.0. The summed E-state index contributed by atoms with van der Waals surface area (Å²) in [6, 6.07) is 6.96. The van der Waals surface area contributed by atoms with Crippen molar-refractivity contribution in [1.82, 2.24) is 0 Å². The molecule has 1 aliphatic heterocycles. The average molecular weight is 249 g/mol. The fourth-order valence-corrected chi connectivity index (χ4v) is 2.30. The average Bonchev–Trinajstić information content (AvgIpc) is 2.59. The van der Waals surface area contributed by atoms with Crippen LogP contribution in [0.1, 0.15) is 6.92 Å². The van der Waals surface area contributed by atoms with Gasteiger partial charge in [-0.05, 0) is 12.1 Å². The van der Waals surface area contributed by atoms with Crippen molar-refractivity contribution in [2.24, 2.45) is 0 Å². The maximum atomic E-state index is 11.7. The molecule has 1 aliphatic rings. The molecule has 0 bridgehead atoms. The van der Waals surface area contributed by atoms with Gasteiger partial charge < -0.3 is 5.32 Å². The van der Waals surface area contributed by atoms with E-state index in [2.05, 4.69) is 5.32 Å². The first-order valence-electron chi connectivity index (χ1n) is 5.00. The highest BCUT2D eigenvalue weighted by Gasteiger charge is 2.29. The zero-order valence-electron chi connectivity index (χ0n) is 9.19. The summed E-state index contributed by atoms with van der Waals surface area (Å²) in [5, 5.41) is 10.5. The number of para-hydroxylation sites is 2. The van der Waals surface area contributed by atoms with Gasteiger partial charge in [-0.3, -0.25) is 19.9 Å². The van der Waals surface area contributed by atoms with E-state index in [9.17, 15) is 9.59 Å². The highest BCUT2D eigenvalue weighted by molar-refractivity contribution is 8.15. The Morgan fingerprint density at radius 2 is 2.18 bits per heavy atom. The second-order valence-electron chi connectivity index (χ2n) is 3.52. The summed E-state index contributed by atoms with van der Waals surface area (Å²) in [6.45, 7) is 1.41. The van der Waals surface area contributed by atoms with Gasteiger partial charge in [0.05, 0.1) is 17.1 Å². The Labute approximate surface area is 103 Å². The number of amidine groups is 1. The molecule has 88 valence electrons. The number of hydrogen-bond acceptors (Lipinski definition) is 4. The van der Waals surface area contributed by atoms with Crippen molar-refractivity contribution in [3.05, 3.63) is 24.3 Å². The van der Waals surface area contributed by atoms with Gasteiger partial charge in [-0.2, -0.15) is 0 Å². The Morgan fingerprint density at radius 3 is 2.76 bits per heavy atom. The number of carbonyl (C=O) groups excluding carboxylic acids is 2. The number of nitrogens with one attached hydrogen (secondary N) is 2. The van der Waals surface area contributed by atoms with Crippen LogP contribution in [-0.2, 0) is 9.59 Å². The summed E-state index contributed by atoms with van der Waals surface area (Å²) >= 11 is 1.18. The van der Waals surface area contributed by atoms with Gasteiger partial charge in [-0.15, -0.1) is 0 Å². The summed E-state index contributed by atoms with van der Waals surface area (Å²) in [6.07, 6.45) is 0. The molecule has 0 atom stereocenters. The maximum Gasteiger partial charge on any atom is 0.243 e. The normalized spacial score (nSPS) is 15.2. The number of rotatable bonds is 2. The van der Waals surface area contributed by atoms with Crippen LogP contribution in [0.4, 0.5) is 11.4 Å². The Hall–Kier alpha value is -1.82. The molecule has 2 N–H and O–H groups in total. The third-order valence-electron chi connectivity index (χ3n) is 2.24. The lowest BCUT2D eigenvalue weighted by Gasteiger charge is -2.18. The smallest absolute Gasteiger partial charge is 0.243 e. The third kappa shape index (κ3) is 2.31. The van der Waals surface area contributed by atoms with E-state index in [-0.39, 0.29) is 22.7 Å². The molecule has 1 aromatic carbocycles. The highest BCUT2D eigenvalue weighted by atomic mass is 32.2. The number of nitrogens with zero attached hydrogens (tertiary/aromatic N) is 1. The van der Waals surface area contributed by atoms with Crippen molar-refractivity contribution in [2.75, 3.05) is 16.0 Å². The van der Waals surface area contributed by atoms with E-state index in [4.69, 9.17) is 5.41 Å². The molecule has 17 heavy (non-hydrogen) atoms. The van der Waals surface area contributed by atoms with Crippen molar-refractivity contribution in [1.29, 1.82) is 5.41 Å². The first-order valence-corrected chi connectivity index (χ1v) is 5.99. The molecule has 1 aromatic rings. The fraction of sp³-hybridized carbons (Fsp3) is 0.182. The van der Waals surface area contributed by atoms with Gasteiger partial charge in [0.2, 0.25) is 11.8 Å². The number of amides is 2. The summed E-state index contributed by atoms with van der Waals surface area (Å²) < 4.78 is 0. The number of benzene rings is 1. The first kappa shape index (κ1) is 11.7. The van der Waals surface area contributed by atoms with E-state index in [1.165, 1.54) is 23.6 Å². The first-order chi connectivity index (χ1) is 8.09. The molecule has 0 aliphatic carbocycles. The van der Waals surface area contributed by atoms with Crippen LogP contribution < -0.4 is 10.2 Å². The molecule has 6 heteroatoms. The molecule has 0 saturated carbocycles. The van der Waals surface area contributed by atoms with Crippen LogP contribution in [0.3, 0.4) is 0 Å². The van der Waals surface area contributed by atoms with Crippen LogP contribution in [0, 0.1) is 5.41 Å². The molecular weight excluding hydrogens is 238 g/mol. The van der Waals surface area contributed by atoms with Crippen LogP contribution in [0.5, 0.6) is 0 Å². The molecule has 5 nitrogen and oxygen atoms in total. The predicted octanol–water partition coefficient (Wildman–Crippen LogP) is 1.66. The monoisotopic (exact) mass is 249 g/mol. The quantitative estimate of drug-likeness (QED) is 0.837. The molecule has 1 fully saturated rings. The minimum absolute atomic E-state index is 0.141. The largest absolute Gasteiger partial charge is 0.325 e. The lowest BCUT2D eigenvalue weighted by atomic mass is 10.2. The third-order valence-corrected chi connectivity index (χ3v) is 3.09. The molecular formula is C11H11N3O2S. The molecule has 0 unspecified atom stereocenters. The molecule has 2 rings (SSSR count). The van der Waals surface area contributed by atoms with Crippen LogP contribution in [-0.4, -0.2) is 22.7 Å². The standard InChI is InChI=1S/C11H11N3O2S/c1-7(15)13-8-4-2-3-5-9(8)14-10(16)6-17-11(14)12/h2-5,12H,6H2,1H3,(H,13,15). The summed E-state index contributed by atoms with van der Waals surface area (Å²) in [7, 11) is 0. The van der Waals surface area contributed by atoms with Gasteiger partial charge in [0.1, 0.15) is 0 Å². The number of hydrogen-bond donors (Lipinski definition) is 2. The SMILES string of the molecule is CC(=O)Nc1ccccc1N1C(=N)SCC1=O. The Kier molecular flexibility index (Phi) is 3.14. The Bertz CT molecular complexity index is 485. The van der Waals surface area contributed by atoms with E-state index < -0.39 is 0 Å². The predicted molar refractivity (Wildman–Crippen MR) is 68.4 cm³/mol. The lowest BCUT2D eigenvalue weighted by molar-refractivity contribution is -0.115. The second kappa shape index (κ2) is 4.58. The number of carbonyl (C=O) groups is 2. The molecule has 1 heterocycles. The molecule has 2 amide bonds. The van der Waals surface area contributed by atoms with Crippen molar-refractivity contribution in [3.63, 3.8) is 0 Å². The second-order valence-corrected chi connectivity index (χ2v) is 4.49. The molecule has 0 spiro atoms. The van der Waals surface area contributed by atoms with Gasteiger partial charge in [0, 0.05) is 6.92 Å². The molecule has 0 aromatic heterocycles. The highest BCUT2D eigenvalue weighted by Crippen LogP contribution is 2.31. The summed E-state index contributed by atoms with van der Waals surface area (Å²) in [5.41, 5.74) is 1.09. The number of thioether (sulfide) groups is 1. The topological polar surface area (TPSA) is 73.3 Å². The maximum absolute atomic E-state index is 11.7. The van der Waals surface area contributed by atoms with Gasteiger partial charge in [-0.25, -0.2) is 0 Å². The zero-order chi connectivity index (χ0) is 12.4. The van der Waals surface area contributed by atoms with Crippen LogP contribution in [0.15, 0.2) is 24.3 Å². The number of anilines is 2. The van der Waals surface area contributed by atoms with Crippen molar-refractivity contribution in [2.45, 2.75) is 6.92 Å². The summed E-state index contributed by atoms with van der Waals surface area (Å²) in [4.78, 5) is 24.1. The van der Waals surface area contributed by atoms with Crippen molar-refractivity contribution in [3.8, 4) is 0 Å². The fourth-order valence-electron chi connectivity index (χ4n) is 1.58. The van der Waals surface area contributed by atoms with Gasteiger partial charge in [0.25, 0.3) is 0 Å². The van der Waals surface area contributed by atoms with Gasteiger partial charge in [0.15, 0.2) is 5.17 Å². The lowest BCUT2D eigenvalue weighted by Crippen LogP contribution is -2.29. The van der Waals surface area contributed by atoms with E-state index in [0.29, 0.717) is 11.4 Å². The summed E-state index contributed by atoms with van der Waals surface area (Å²) in [5.74, 6) is -0.0752. The van der Waals surface area contributed by atoms with E-state index in [1.807, 2.05) is 0 Å². The Morgan fingerprint density at radius 1 is 1.47 bits per heavy atom. The van der Waals surface area contributed by atoms with Crippen LogP contribution >= 0.6 is 11.8 Å². The van der Waals surface area contributed by atoms with Crippen LogP contribution in [0.25, 0.3) is 0 Å². The molecule has 0 radical (unpaired) electrons. The van der Waals surface area contributed by atoms with E-state index >= 15 is 0 Å². The van der Waals surface area contributed by atoms with Crippen LogP contribution in [0.2, 0.25) is 0 Å². The van der Waals surface area contributed by atoms with Crippen molar-refractivity contribution < 1.29 is 9.59 Å². The van der Waals surface area contributed by atoms with E-state index in [1.54, 1.807) is 24.3 Å².